The van der Waals surface area contributed by atoms with E-state index in [1.807, 2.05) is 0 Å². The van der Waals surface area contributed by atoms with Crippen LogP contribution in [-0.4, -0.2) is 23.9 Å². The third kappa shape index (κ3) is 4.63. The number of halogens is 5. The summed E-state index contributed by atoms with van der Waals surface area (Å²) >= 11 is 11.6. The first-order chi connectivity index (χ1) is 12.0. The van der Waals surface area contributed by atoms with E-state index in [1.165, 1.54) is 31.2 Å². The van der Waals surface area contributed by atoms with E-state index in [-0.39, 0.29) is 10.8 Å². The zero-order valence-electron chi connectivity index (χ0n) is 13.5. The number of carbonyl (C=O) groups is 1. The van der Waals surface area contributed by atoms with Gasteiger partial charge in [0.2, 0.25) is 5.60 Å². The number of benzene rings is 1. The van der Waals surface area contributed by atoms with Crippen LogP contribution in [0.1, 0.15) is 17.9 Å². The standard InChI is InChI=1S/C16H15Cl2F3N2O3/c1-9-2-5-13(26-9)15(25,16(19,20)21)6-7-22-14(24)23-10-3-4-11(17)12(18)8-10/h2-5,8,25H,6-7H2,1H3,(H2,22,23,24). The average Bonchev–Trinajstić information content (AvgIpc) is 2.96. The van der Waals surface area contributed by atoms with Crippen molar-refractivity contribution in [3.63, 3.8) is 0 Å². The molecule has 0 saturated carbocycles. The molecule has 10 heteroatoms. The zero-order chi connectivity index (χ0) is 19.5. The highest BCUT2D eigenvalue weighted by Crippen LogP contribution is 2.42. The maximum Gasteiger partial charge on any atom is 0.424 e. The highest BCUT2D eigenvalue weighted by molar-refractivity contribution is 6.42. The molecule has 0 aliphatic heterocycles. The Labute approximate surface area is 157 Å². The third-order valence-electron chi connectivity index (χ3n) is 3.57. The molecule has 5 nitrogen and oxygen atoms in total. The summed E-state index contributed by atoms with van der Waals surface area (Å²) in [4.78, 5) is 11.8. The van der Waals surface area contributed by atoms with Gasteiger partial charge in [-0.15, -0.1) is 0 Å². The van der Waals surface area contributed by atoms with Crippen molar-refractivity contribution in [1.82, 2.24) is 5.32 Å². The molecule has 0 radical (unpaired) electrons. The van der Waals surface area contributed by atoms with E-state index < -0.39 is 36.5 Å². The summed E-state index contributed by atoms with van der Waals surface area (Å²) in [7, 11) is 0. The number of rotatable bonds is 5. The molecule has 0 aliphatic rings. The molecule has 1 atom stereocenters. The minimum Gasteiger partial charge on any atom is -0.463 e. The van der Waals surface area contributed by atoms with E-state index in [0.29, 0.717) is 10.7 Å². The molecule has 2 rings (SSSR count). The quantitative estimate of drug-likeness (QED) is 0.658. The van der Waals surface area contributed by atoms with Gasteiger partial charge >= 0.3 is 12.2 Å². The van der Waals surface area contributed by atoms with Crippen LogP contribution in [0.4, 0.5) is 23.7 Å². The van der Waals surface area contributed by atoms with Gasteiger partial charge in [0.1, 0.15) is 11.5 Å². The molecule has 0 saturated heterocycles. The number of anilines is 1. The number of carbonyl (C=O) groups excluding carboxylic acids is 1. The predicted molar refractivity (Wildman–Crippen MR) is 91.5 cm³/mol. The topological polar surface area (TPSA) is 74.5 Å². The Morgan fingerprint density at radius 2 is 1.88 bits per heavy atom. The Kier molecular flexibility index (Phi) is 6.10. The lowest BCUT2D eigenvalue weighted by molar-refractivity contribution is -0.274. The van der Waals surface area contributed by atoms with Gasteiger partial charge in [-0.2, -0.15) is 13.2 Å². The Morgan fingerprint density at radius 3 is 2.42 bits per heavy atom. The van der Waals surface area contributed by atoms with Crippen molar-refractivity contribution in [3.8, 4) is 0 Å². The number of hydrogen-bond donors (Lipinski definition) is 3. The first-order valence-electron chi connectivity index (χ1n) is 7.39. The third-order valence-corrected chi connectivity index (χ3v) is 4.31. The van der Waals surface area contributed by atoms with Gasteiger partial charge in [-0.05, 0) is 37.3 Å². The lowest BCUT2D eigenvalue weighted by Crippen LogP contribution is -2.45. The van der Waals surface area contributed by atoms with Crippen LogP contribution in [0.5, 0.6) is 0 Å². The highest BCUT2D eigenvalue weighted by atomic mass is 35.5. The van der Waals surface area contributed by atoms with Crippen LogP contribution in [0.3, 0.4) is 0 Å². The van der Waals surface area contributed by atoms with E-state index in [4.69, 9.17) is 27.6 Å². The molecule has 0 fully saturated rings. The monoisotopic (exact) mass is 410 g/mol. The van der Waals surface area contributed by atoms with Crippen LogP contribution in [0.15, 0.2) is 34.7 Å². The molecule has 0 bridgehead atoms. The number of amides is 2. The predicted octanol–water partition coefficient (Wildman–Crippen LogP) is 4.86. The van der Waals surface area contributed by atoms with Gasteiger partial charge in [0.15, 0.2) is 0 Å². The molecule has 3 N–H and O–H groups in total. The van der Waals surface area contributed by atoms with Gasteiger partial charge in [-0.1, -0.05) is 23.2 Å². The lowest BCUT2D eigenvalue weighted by atomic mass is 9.96. The fourth-order valence-electron chi connectivity index (χ4n) is 2.17. The van der Waals surface area contributed by atoms with Crippen molar-refractivity contribution in [3.05, 3.63) is 51.9 Å². The maximum atomic E-state index is 13.3. The minimum atomic E-state index is -4.97. The Balaban J connectivity index is 1.99. The Hall–Kier alpha value is -1.90. The number of aliphatic hydroxyl groups is 1. The molecular formula is C16H15Cl2F3N2O3. The van der Waals surface area contributed by atoms with Gasteiger partial charge < -0.3 is 20.2 Å². The Bertz CT molecular complexity index is 795. The Morgan fingerprint density at radius 1 is 1.19 bits per heavy atom. The molecule has 2 amide bonds. The van der Waals surface area contributed by atoms with Gasteiger partial charge in [0.25, 0.3) is 0 Å². The summed E-state index contributed by atoms with van der Waals surface area (Å²) in [6, 6.07) is 5.94. The lowest BCUT2D eigenvalue weighted by Gasteiger charge is -2.28. The number of furan rings is 1. The number of nitrogens with one attached hydrogen (secondary N) is 2. The second-order valence-electron chi connectivity index (χ2n) is 5.53. The van der Waals surface area contributed by atoms with Crippen molar-refractivity contribution < 1.29 is 27.5 Å². The van der Waals surface area contributed by atoms with Gasteiger partial charge in [0, 0.05) is 18.7 Å². The fourth-order valence-corrected chi connectivity index (χ4v) is 2.47. The van der Waals surface area contributed by atoms with Crippen LogP contribution >= 0.6 is 23.2 Å². The SMILES string of the molecule is Cc1ccc(C(O)(CCNC(=O)Nc2ccc(Cl)c(Cl)c2)C(F)(F)F)o1. The number of hydrogen-bond acceptors (Lipinski definition) is 3. The van der Waals surface area contributed by atoms with E-state index in [2.05, 4.69) is 10.6 Å². The normalized spacial score (nSPS) is 14.0. The summed E-state index contributed by atoms with van der Waals surface area (Å²) in [5.41, 5.74) is -2.90. The molecule has 1 unspecified atom stereocenters. The summed E-state index contributed by atoms with van der Waals surface area (Å²) in [6.45, 7) is 1.01. The van der Waals surface area contributed by atoms with Gasteiger partial charge in [-0.3, -0.25) is 0 Å². The van der Waals surface area contributed by atoms with Gasteiger partial charge in [-0.25, -0.2) is 4.79 Å². The molecular weight excluding hydrogens is 396 g/mol. The van der Waals surface area contributed by atoms with Crippen molar-refractivity contribution in [2.45, 2.75) is 25.1 Å². The van der Waals surface area contributed by atoms with E-state index in [9.17, 15) is 23.1 Å². The molecule has 1 aromatic heterocycles. The number of urea groups is 1. The average molecular weight is 411 g/mol. The second-order valence-corrected chi connectivity index (χ2v) is 6.34. The van der Waals surface area contributed by atoms with Crippen LogP contribution in [-0.2, 0) is 5.60 Å². The summed E-state index contributed by atoms with van der Waals surface area (Å²) < 4.78 is 44.8. The van der Waals surface area contributed by atoms with Crippen molar-refractivity contribution in [2.75, 3.05) is 11.9 Å². The first-order valence-corrected chi connectivity index (χ1v) is 8.14. The molecule has 142 valence electrons. The summed E-state index contributed by atoms with van der Waals surface area (Å²) in [5.74, 6) is -0.401. The van der Waals surface area contributed by atoms with Gasteiger partial charge in [0.05, 0.1) is 10.0 Å². The van der Waals surface area contributed by atoms with Crippen LogP contribution < -0.4 is 10.6 Å². The zero-order valence-corrected chi connectivity index (χ0v) is 15.0. The van der Waals surface area contributed by atoms with Crippen LogP contribution in [0.2, 0.25) is 10.0 Å². The van der Waals surface area contributed by atoms with Crippen LogP contribution in [0, 0.1) is 6.92 Å². The fraction of sp³-hybridized carbons (Fsp3) is 0.312. The summed E-state index contributed by atoms with van der Waals surface area (Å²) in [6.07, 6.45) is -5.79. The summed E-state index contributed by atoms with van der Waals surface area (Å²) in [5, 5.41) is 15.2. The smallest absolute Gasteiger partial charge is 0.424 e. The van der Waals surface area contributed by atoms with E-state index in [0.717, 1.165) is 6.07 Å². The molecule has 26 heavy (non-hydrogen) atoms. The number of alkyl halides is 3. The first kappa shape index (κ1) is 20.4. The highest BCUT2D eigenvalue weighted by Gasteiger charge is 2.56. The van der Waals surface area contributed by atoms with Crippen molar-refractivity contribution >= 4 is 34.9 Å². The van der Waals surface area contributed by atoms with Crippen molar-refractivity contribution in [1.29, 1.82) is 0 Å². The largest absolute Gasteiger partial charge is 0.463 e. The molecule has 2 aromatic rings. The molecule has 1 aromatic carbocycles. The van der Waals surface area contributed by atoms with Crippen LogP contribution in [0.25, 0.3) is 0 Å². The van der Waals surface area contributed by atoms with E-state index in [1.54, 1.807) is 0 Å². The minimum absolute atomic E-state index is 0.212. The number of aryl methyl sites for hydroxylation is 1. The van der Waals surface area contributed by atoms with E-state index >= 15 is 0 Å². The maximum absolute atomic E-state index is 13.3. The van der Waals surface area contributed by atoms with Crippen molar-refractivity contribution in [2.24, 2.45) is 0 Å². The molecule has 0 spiro atoms. The second kappa shape index (κ2) is 7.77. The molecule has 1 heterocycles. The molecule has 0 aliphatic carbocycles.